The maximum atomic E-state index is 5.39. The van der Waals surface area contributed by atoms with Crippen LogP contribution in [0.25, 0.3) is 0 Å². The number of hydrogen-bond donors (Lipinski definition) is 2. The Hall–Kier alpha value is -2.21. The molecule has 1 aromatic heterocycles. The zero-order valence-electron chi connectivity index (χ0n) is 17.6. The van der Waals surface area contributed by atoms with Gasteiger partial charge in [0.1, 0.15) is 12.4 Å². The van der Waals surface area contributed by atoms with Gasteiger partial charge in [-0.05, 0) is 57.4 Å². The molecule has 0 saturated heterocycles. The normalized spacial score (nSPS) is 10.8. The molecule has 158 valence electrons. The molecule has 2 aromatic rings. The van der Waals surface area contributed by atoms with E-state index in [-0.39, 0.29) is 24.0 Å². The van der Waals surface area contributed by atoms with Crippen LogP contribution in [-0.4, -0.2) is 42.0 Å². The minimum Gasteiger partial charge on any atom is -0.481 e. The number of aryl methyl sites for hydroxylation is 3. The number of terminal acetylenes is 1. The highest BCUT2D eigenvalue weighted by Gasteiger charge is 2.01. The second-order valence-electron chi connectivity index (χ2n) is 6.58. The van der Waals surface area contributed by atoms with Crippen molar-refractivity contribution < 1.29 is 4.74 Å². The summed E-state index contributed by atoms with van der Waals surface area (Å²) in [6.07, 6.45) is 7.07. The Morgan fingerprint density at radius 3 is 2.62 bits per heavy atom. The van der Waals surface area contributed by atoms with Gasteiger partial charge in [-0.15, -0.1) is 30.4 Å². The van der Waals surface area contributed by atoms with Crippen molar-refractivity contribution in [2.75, 3.05) is 26.2 Å². The standard InChI is InChI=1S/C22H31N5O.HI/c1-5-16-28-21-10-8-20(9-11-21)12-14-25-22(23-6-2)24-13-7-15-27-19(4)17-18(3)26-27;/h1,8-11,17H,6-7,12-16H2,2-4H3,(H2,23,24,25);1H. The molecule has 7 heteroatoms. The van der Waals surface area contributed by atoms with Gasteiger partial charge >= 0.3 is 0 Å². The van der Waals surface area contributed by atoms with Gasteiger partial charge in [-0.25, -0.2) is 0 Å². The summed E-state index contributed by atoms with van der Waals surface area (Å²) in [6, 6.07) is 10.1. The van der Waals surface area contributed by atoms with Crippen molar-refractivity contribution in [3.05, 3.63) is 47.3 Å². The van der Waals surface area contributed by atoms with Crippen molar-refractivity contribution in [3.8, 4) is 18.1 Å². The number of guanidine groups is 1. The van der Waals surface area contributed by atoms with Crippen molar-refractivity contribution >= 4 is 29.9 Å². The zero-order chi connectivity index (χ0) is 20.2. The van der Waals surface area contributed by atoms with E-state index in [1.54, 1.807) is 0 Å². The number of nitrogens with zero attached hydrogens (tertiary/aromatic N) is 3. The van der Waals surface area contributed by atoms with Crippen molar-refractivity contribution in [2.24, 2.45) is 4.99 Å². The van der Waals surface area contributed by atoms with E-state index < -0.39 is 0 Å². The van der Waals surface area contributed by atoms with E-state index in [1.165, 1.54) is 11.3 Å². The summed E-state index contributed by atoms with van der Waals surface area (Å²) in [5.74, 6) is 4.12. The summed E-state index contributed by atoms with van der Waals surface area (Å²) in [6.45, 7) is 9.77. The van der Waals surface area contributed by atoms with Gasteiger partial charge in [-0.2, -0.15) is 5.10 Å². The lowest BCUT2D eigenvalue weighted by Crippen LogP contribution is -2.38. The molecule has 0 atom stereocenters. The topological polar surface area (TPSA) is 63.5 Å². The fourth-order valence-corrected chi connectivity index (χ4v) is 2.86. The van der Waals surface area contributed by atoms with Gasteiger partial charge in [-0.3, -0.25) is 9.67 Å². The van der Waals surface area contributed by atoms with Crippen LogP contribution in [0.2, 0.25) is 0 Å². The first-order chi connectivity index (χ1) is 13.6. The van der Waals surface area contributed by atoms with Gasteiger partial charge in [0.15, 0.2) is 5.96 Å². The summed E-state index contributed by atoms with van der Waals surface area (Å²) in [4.78, 5) is 4.66. The first kappa shape index (κ1) is 24.8. The van der Waals surface area contributed by atoms with Crippen LogP contribution in [0.5, 0.6) is 5.75 Å². The number of rotatable bonds is 10. The molecule has 0 amide bonds. The van der Waals surface area contributed by atoms with Gasteiger partial charge in [0.2, 0.25) is 0 Å². The number of ether oxygens (including phenoxy) is 1. The molecule has 6 nitrogen and oxygen atoms in total. The molecule has 0 bridgehead atoms. The molecule has 0 saturated carbocycles. The van der Waals surface area contributed by atoms with Gasteiger partial charge in [0.25, 0.3) is 0 Å². The van der Waals surface area contributed by atoms with Crippen molar-refractivity contribution in [2.45, 2.75) is 40.2 Å². The van der Waals surface area contributed by atoms with Crippen molar-refractivity contribution in [3.63, 3.8) is 0 Å². The van der Waals surface area contributed by atoms with Crippen LogP contribution < -0.4 is 15.4 Å². The molecule has 2 N–H and O–H groups in total. The fourth-order valence-electron chi connectivity index (χ4n) is 2.86. The molecular formula is C22H32IN5O. The Morgan fingerprint density at radius 2 is 2.00 bits per heavy atom. The van der Waals surface area contributed by atoms with Gasteiger partial charge in [-0.1, -0.05) is 18.1 Å². The summed E-state index contributed by atoms with van der Waals surface area (Å²) in [5, 5.41) is 11.2. The maximum absolute atomic E-state index is 5.39. The third-order valence-corrected chi connectivity index (χ3v) is 4.20. The predicted molar refractivity (Wildman–Crippen MR) is 130 cm³/mol. The molecule has 0 fully saturated rings. The van der Waals surface area contributed by atoms with Crippen LogP contribution >= 0.6 is 24.0 Å². The number of benzene rings is 1. The summed E-state index contributed by atoms with van der Waals surface area (Å²) in [7, 11) is 0. The molecule has 2 rings (SSSR count). The van der Waals surface area contributed by atoms with Crippen LogP contribution in [0.4, 0.5) is 0 Å². The van der Waals surface area contributed by atoms with Crippen LogP contribution in [0.3, 0.4) is 0 Å². The van der Waals surface area contributed by atoms with Crippen LogP contribution in [0, 0.1) is 26.2 Å². The third-order valence-electron chi connectivity index (χ3n) is 4.20. The monoisotopic (exact) mass is 509 g/mol. The predicted octanol–water partition coefficient (Wildman–Crippen LogP) is 3.32. The largest absolute Gasteiger partial charge is 0.481 e. The lowest BCUT2D eigenvalue weighted by atomic mass is 10.1. The van der Waals surface area contributed by atoms with Gasteiger partial charge in [0, 0.05) is 31.9 Å². The lowest BCUT2D eigenvalue weighted by molar-refractivity contribution is 0.370. The molecule has 0 unspecified atom stereocenters. The van der Waals surface area contributed by atoms with E-state index in [4.69, 9.17) is 11.2 Å². The zero-order valence-corrected chi connectivity index (χ0v) is 19.9. The van der Waals surface area contributed by atoms with Crippen molar-refractivity contribution in [1.82, 2.24) is 20.4 Å². The summed E-state index contributed by atoms with van der Waals surface area (Å²) < 4.78 is 7.44. The number of aliphatic imine (C=N–C) groups is 1. The third kappa shape index (κ3) is 9.22. The minimum atomic E-state index is 0. The van der Waals surface area contributed by atoms with Gasteiger partial charge in [0.05, 0.1) is 5.69 Å². The Balaban J connectivity index is 0.00000420. The highest BCUT2D eigenvalue weighted by Crippen LogP contribution is 2.12. The van der Waals surface area contributed by atoms with E-state index in [0.29, 0.717) is 6.61 Å². The lowest BCUT2D eigenvalue weighted by Gasteiger charge is -2.12. The smallest absolute Gasteiger partial charge is 0.191 e. The second kappa shape index (κ2) is 13.9. The molecule has 1 aromatic carbocycles. The summed E-state index contributed by atoms with van der Waals surface area (Å²) >= 11 is 0. The van der Waals surface area contributed by atoms with E-state index in [1.807, 2.05) is 23.7 Å². The number of halogens is 1. The fraction of sp³-hybridized carbons (Fsp3) is 0.455. The Labute approximate surface area is 191 Å². The first-order valence-electron chi connectivity index (χ1n) is 9.80. The van der Waals surface area contributed by atoms with E-state index in [0.717, 1.165) is 56.4 Å². The van der Waals surface area contributed by atoms with E-state index in [9.17, 15) is 0 Å². The molecular weight excluding hydrogens is 477 g/mol. The highest BCUT2D eigenvalue weighted by atomic mass is 127. The number of hydrogen-bond acceptors (Lipinski definition) is 3. The van der Waals surface area contributed by atoms with E-state index >= 15 is 0 Å². The van der Waals surface area contributed by atoms with Crippen LogP contribution in [-0.2, 0) is 13.0 Å². The minimum absolute atomic E-state index is 0. The number of aromatic nitrogens is 2. The SMILES string of the molecule is C#CCOc1ccc(CCNC(=NCCCn2nc(C)cc2C)NCC)cc1.I. The Kier molecular flexibility index (Phi) is 11.9. The quantitative estimate of drug-likeness (QED) is 0.170. The molecule has 0 aliphatic rings. The average molecular weight is 509 g/mol. The first-order valence-corrected chi connectivity index (χ1v) is 9.80. The number of nitrogens with one attached hydrogen (secondary N) is 2. The maximum Gasteiger partial charge on any atom is 0.191 e. The summed E-state index contributed by atoms with van der Waals surface area (Å²) in [5.41, 5.74) is 3.50. The van der Waals surface area contributed by atoms with Crippen molar-refractivity contribution in [1.29, 1.82) is 0 Å². The Bertz CT molecular complexity index is 793. The molecule has 0 spiro atoms. The van der Waals surface area contributed by atoms with E-state index in [2.05, 4.69) is 58.7 Å². The molecule has 1 heterocycles. The molecule has 0 aliphatic carbocycles. The highest BCUT2D eigenvalue weighted by molar-refractivity contribution is 14.0. The molecule has 0 aliphatic heterocycles. The second-order valence-corrected chi connectivity index (χ2v) is 6.58. The molecule has 0 radical (unpaired) electrons. The molecule has 29 heavy (non-hydrogen) atoms. The van der Waals surface area contributed by atoms with Crippen LogP contribution in [0.1, 0.15) is 30.3 Å². The van der Waals surface area contributed by atoms with Crippen LogP contribution in [0.15, 0.2) is 35.3 Å². The average Bonchev–Trinajstić information content (AvgIpc) is 3.01. The Morgan fingerprint density at radius 1 is 1.24 bits per heavy atom. The van der Waals surface area contributed by atoms with Gasteiger partial charge < -0.3 is 15.4 Å².